The second kappa shape index (κ2) is 8.50. The van der Waals surface area contributed by atoms with E-state index in [1.807, 2.05) is 0 Å². The molecule has 1 aromatic carbocycles. The molecule has 10 heteroatoms. The minimum atomic E-state index is -4.89. The van der Waals surface area contributed by atoms with Crippen molar-refractivity contribution in [1.82, 2.24) is 0 Å². The molecule has 0 bridgehead atoms. The van der Waals surface area contributed by atoms with E-state index in [2.05, 4.69) is 0 Å². The van der Waals surface area contributed by atoms with E-state index >= 15 is 0 Å². The van der Waals surface area contributed by atoms with Crippen LogP contribution in [0.1, 0.15) is 25.3 Å². The number of ether oxygens (including phenoxy) is 1. The molecule has 0 N–H and O–H groups in total. The molecule has 0 saturated heterocycles. The van der Waals surface area contributed by atoms with Gasteiger partial charge in [0.15, 0.2) is 0 Å². The van der Waals surface area contributed by atoms with E-state index in [0.717, 1.165) is 0 Å². The zero-order valence-corrected chi connectivity index (χ0v) is 14.5. The molecule has 0 aliphatic heterocycles. The monoisotopic (exact) mass is 367 g/mol. The molecule has 0 heterocycles. The van der Waals surface area contributed by atoms with Gasteiger partial charge in [-0.1, -0.05) is 12.1 Å². The van der Waals surface area contributed by atoms with E-state index in [-0.39, 0.29) is 18.8 Å². The van der Waals surface area contributed by atoms with Gasteiger partial charge in [0, 0.05) is 4.92 Å². The van der Waals surface area contributed by atoms with Crippen molar-refractivity contribution in [3.63, 3.8) is 0 Å². The van der Waals surface area contributed by atoms with Crippen molar-refractivity contribution < 1.29 is 32.1 Å². The van der Waals surface area contributed by atoms with Crippen LogP contribution in [0.5, 0.6) is 5.75 Å². The van der Waals surface area contributed by atoms with E-state index in [0.29, 0.717) is 5.75 Å². The van der Waals surface area contributed by atoms with Crippen LogP contribution >= 0.6 is 7.60 Å². The van der Waals surface area contributed by atoms with Gasteiger partial charge in [-0.25, -0.2) is 0 Å². The standard InChI is InChI=1S/C14H20F2NO6P/c1-4-22-24(20,23-5-2)14(15,16)13(10-17(18)19)11-6-8-12(21-3)9-7-11/h6-9,13H,4-5,10H2,1-3H3/t13-/m1/s1. The number of alkyl halides is 2. The highest BCUT2D eigenvalue weighted by atomic mass is 31.2. The van der Waals surface area contributed by atoms with Crippen LogP contribution in [0.4, 0.5) is 8.78 Å². The molecule has 0 amide bonds. The molecule has 0 aliphatic carbocycles. The summed E-state index contributed by atoms with van der Waals surface area (Å²) in [7, 11) is -3.49. The SMILES string of the molecule is CCOP(=O)(OCC)C(F)(F)[C@H](C[N+](=O)[O-])c1ccc(OC)cc1. The second-order valence-electron chi connectivity index (χ2n) is 4.76. The summed E-state index contributed by atoms with van der Waals surface area (Å²) in [6.07, 6.45) is 0. The lowest BCUT2D eigenvalue weighted by atomic mass is 9.99. The third-order valence-electron chi connectivity index (χ3n) is 3.23. The Morgan fingerprint density at radius 3 is 2.08 bits per heavy atom. The Bertz CT molecular complexity index is 585. The average molecular weight is 367 g/mol. The lowest BCUT2D eigenvalue weighted by molar-refractivity contribution is -0.487. The van der Waals surface area contributed by atoms with Crippen LogP contribution in [0, 0.1) is 10.1 Å². The maximum absolute atomic E-state index is 14.9. The Balaban J connectivity index is 3.34. The molecule has 1 atom stereocenters. The van der Waals surface area contributed by atoms with Gasteiger partial charge in [-0.3, -0.25) is 14.7 Å². The average Bonchev–Trinajstić information content (AvgIpc) is 2.53. The molecular formula is C14H20F2NO6P. The molecule has 0 aliphatic rings. The highest BCUT2D eigenvalue weighted by Crippen LogP contribution is 2.66. The normalized spacial score (nSPS) is 13.5. The molecule has 0 fully saturated rings. The Morgan fingerprint density at radius 2 is 1.71 bits per heavy atom. The summed E-state index contributed by atoms with van der Waals surface area (Å²) in [5, 5.41) is 10.9. The topological polar surface area (TPSA) is 87.9 Å². The summed E-state index contributed by atoms with van der Waals surface area (Å²) in [4.78, 5) is 9.99. The van der Waals surface area contributed by atoms with Crippen LogP contribution in [0.25, 0.3) is 0 Å². The number of nitrogens with zero attached hydrogens (tertiary/aromatic N) is 1. The zero-order valence-electron chi connectivity index (χ0n) is 13.6. The first-order chi connectivity index (χ1) is 11.2. The number of hydrogen-bond acceptors (Lipinski definition) is 6. The van der Waals surface area contributed by atoms with Crippen LogP contribution in [-0.4, -0.2) is 37.5 Å². The fourth-order valence-corrected chi connectivity index (χ4v) is 3.85. The molecule has 1 rings (SSSR count). The highest BCUT2D eigenvalue weighted by molar-refractivity contribution is 7.55. The lowest BCUT2D eigenvalue weighted by Crippen LogP contribution is -2.33. The summed E-state index contributed by atoms with van der Waals surface area (Å²) in [6, 6.07) is 5.32. The predicted octanol–water partition coefficient (Wildman–Crippen LogP) is 3.91. The van der Waals surface area contributed by atoms with Gasteiger partial charge in [0.2, 0.25) is 6.54 Å². The molecular weight excluding hydrogens is 347 g/mol. The second-order valence-corrected chi connectivity index (χ2v) is 6.87. The Morgan fingerprint density at radius 1 is 1.21 bits per heavy atom. The van der Waals surface area contributed by atoms with Crippen molar-refractivity contribution >= 4 is 7.60 Å². The van der Waals surface area contributed by atoms with E-state index in [9.17, 15) is 23.5 Å². The van der Waals surface area contributed by atoms with Crippen molar-refractivity contribution in [3.05, 3.63) is 39.9 Å². The summed E-state index contributed by atoms with van der Waals surface area (Å²) in [5.74, 6) is -1.57. The van der Waals surface area contributed by atoms with Gasteiger partial charge in [-0.15, -0.1) is 0 Å². The smallest absolute Gasteiger partial charge is 0.400 e. The molecule has 0 saturated carbocycles. The van der Waals surface area contributed by atoms with E-state index in [4.69, 9.17) is 13.8 Å². The van der Waals surface area contributed by atoms with Gasteiger partial charge < -0.3 is 13.8 Å². The van der Waals surface area contributed by atoms with Gasteiger partial charge in [0.05, 0.1) is 20.3 Å². The number of nitro groups is 1. The molecule has 0 radical (unpaired) electrons. The third kappa shape index (κ3) is 4.49. The third-order valence-corrected chi connectivity index (χ3v) is 5.47. The van der Waals surface area contributed by atoms with Crippen LogP contribution in [0.2, 0.25) is 0 Å². The Labute approximate surface area is 138 Å². The highest BCUT2D eigenvalue weighted by Gasteiger charge is 2.60. The summed E-state index contributed by atoms with van der Waals surface area (Å²) < 4.78 is 56.6. The minimum Gasteiger partial charge on any atom is -0.497 e. The fraction of sp³-hybridized carbons (Fsp3) is 0.571. The van der Waals surface area contributed by atoms with Crippen molar-refractivity contribution in [2.24, 2.45) is 0 Å². The van der Waals surface area contributed by atoms with Gasteiger partial charge in [0.1, 0.15) is 11.7 Å². The maximum atomic E-state index is 14.9. The maximum Gasteiger partial charge on any atom is 0.400 e. The number of benzene rings is 1. The number of rotatable bonds is 10. The Kier molecular flexibility index (Phi) is 7.26. The quantitative estimate of drug-likeness (QED) is 0.354. The predicted molar refractivity (Wildman–Crippen MR) is 83.4 cm³/mol. The van der Waals surface area contributed by atoms with Crippen LogP contribution in [0.3, 0.4) is 0 Å². The van der Waals surface area contributed by atoms with Crippen LogP contribution in [-0.2, 0) is 13.6 Å². The van der Waals surface area contributed by atoms with Crippen molar-refractivity contribution in [2.75, 3.05) is 26.9 Å². The van der Waals surface area contributed by atoms with E-state index in [1.165, 1.54) is 45.2 Å². The molecule has 7 nitrogen and oxygen atoms in total. The van der Waals surface area contributed by atoms with Crippen molar-refractivity contribution in [3.8, 4) is 5.75 Å². The fourth-order valence-electron chi connectivity index (χ4n) is 2.14. The zero-order chi connectivity index (χ0) is 18.4. The number of hydrogen-bond donors (Lipinski definition) is 0. The molecule has 136 valence electrons. The number of halogens is 2. The minimum absolute atomic E-state index is 0.0582. The number of methoxy groups -OCH3 is 1. The first-order valence-electron chi connectivity index (χ1n) is 7.24. The van der Waals surface area contributed by atoms with Gasteiger partial charge in [-0.2, -0.15) is 8.78 Å². The summed E-state index contributed by atoms with van der Waals surface area (Å²) in [5.41, 5.74) is -4.13. The van der Waals surface area contributed by atoms with Gasteiger partial charge in [-0.05, 0) is 31.5 Å². The van der Waals surface area contributed by atoms with Gasteiger partial charge in [0.25, 0.3) is 0 Å². The molecule has 0 spiro atoms. The van der Waals surface area contributed by atoms with Crippen LogP contribution in [0.15, 0.2) is 24.3 Å². The largest absolute Gasteiger partial charge is 0.497 e. The van der Waals surface area contributed by atoms with Crippen molar-refractivity contribution in [2.45, 2.75) is 25.4 Å². The first-order valence-corrected chi connectivity index (χ1v) is 8.78. The molecule has 0 unspecified atom stereocenters. The lowest BCUT2D eigenvalue weighted by Gasteiger charge is -2.30. The molecule has 1 aromatic rings. The van der Waals surface area contributed by atoms with E-state index in [1.54, 1.807) is 0 Å². The van der Waals surface area contributed by atoms with Gasteiger partial charge >= 0.3 is 13.3 Å². The molecule has 24 heavy (non-hydrogen) atoms. The Hall–Kier alpha value is -1.57. The first kappa shape index (κ1) is 20.5. The van der Waals surface area contributed by atoms with E-state index < -0.39 is 30.6 Å². The van der Waals surface area contributed by atoms with Crippen molar-refractivity contribution in [1.29, 1.82) is 0 Å². The molecule has 0 aromatic heterocycles. The summed E-state index contributed by atoms with van der Waals surface area (Å²) >= 11 is 0. The van der Waals surface area contributed by atoms with Crippen LogP contribution < -0.4 is 4.74 Å². The summed E-state index contributed by atoms with van der Waals surface area (Å²) in [6.45, 7) is 1.10.